The van der Waals surface area contributed by atoms with Gasteiger partial charge in [0.25, 0.3) is 0 Å². The van der Waals surface area contributed by atoms with Crippen molar-refractivity contribution in [3.05, 3.63) is 42.9 Å². The zero-order valence-corrected chi connectivity index (χ0v) is 9.38. The molecule has 0 radical (unpaired) electrons. The summed E-state index contributed by atoms with van der Waals surface area (Å²) in [5.41, 5.74) is 2.15. The number of benzene rings is 1. The number of nitrogens with one attached hydrogen (secondary N) is 1. The third kappa shape index (κ3) is 2.11. The Balaban J connectivity index is 2.30. The van der Waals surface area contributed by atoms with Crippen molar-refractivity contribution in [2.75, 3.05) is 24.3 Å². The average molecular weight is 214 g/mol. The zero-order valence-electron chi connectivity index (χ0n) is 9.38. The molecule has 1 heterocycles. The highest BCUT2D eigenvalue weighted by molar-refractivity contribution is 5.63. The van der Waals surface area contributed by atoms with Crippen LogP contribution in [0.25, 0.3) is 0 Å². The van der Waals surface area contributed by atoms with Crippen molar-refractivity contribution in [2.24, 2.45) is 0 Å². The predicted molar refractivity (Wildman–Crippen MR) is 66.1 cm³/mol. The van der Waals surface area contributed by atoms with Gasteiger partial charge in [-0.2, -0.15) is 0 Å². The quantitative estimate of drug-likeness (QED) is 0.851. The van der Waals surface area contributed by atoms with Crippen molar-refractivity contribution in [1.82, 2.24) is 9.97 Å². The molecule has 1 aromatic heterocycles. The molecule has 0 aliphatic carbocycles. The number of aromatic nitrogens is 2. The Kier molecular flexibility index (Phi) is 3.00. The summed E-state index contributed by atoms with van der Waals surface area (Å²) in [5.74, 6) is 0.829. The molecule has 2 rings (SSSR count). The van der Waals surface area contributed by atoms with Gasteiger partial charge in [0.15, 0.2) is 5.82 Å². The summed E-state index contributed by atoms with van der Waals surface area (Å²) in [6.07, 6.45) is 5.10. The Hall–Kier alpha value is -2.10. The monoisotopic (exact) mass is 214 g/mol. The third-order valence-corrected chi connectivity index (χ3v) is 2.42. The second-order valence-electron chi connectivity index (χ2n) is 3.42. The summed E-state index contributed by atoms with van der Waals surface area (Å²) in [5, 5.41) is 3.11. The summed E-state index contributed by atoms with van der Waals surface area (Å²) in [6, 6.07) is 8.13. The van der Waals surface area contributed by atoms with Crippen molar-refractivity contribution in [2.45, 2.75) is 0 Å². The second-order valence-corrected chi connectivity index (χ2v) is 3.42. The predicted octanol–water partition coefficient (Wildman–Crippen LogP) is 2.29. The highest BCUT2D eigenvalue weighted by Crippen LogP contribution is 2.23. The van der Waals surface area contributed by atoms with E-state index in [9.17, 15) is 0 Å². The fraction of sp³-hybridized carbons (Fsp3) is 0.167. The number of nitrogens with zero attached hydrogens (tertiary/aromatic N) is 3. The molecule has 16 heavy (non-hydrogen) atoms. The Morgan fingerprint density at radius 1 is 1.25 bits per heavy atom. The minimum atomic E-state index is 0.829. The molecule has 0 unspecified atom stereocenters. The van der Waals surface area contributed by atoms with E-state index in [-0.39, 0.29) is 0 Å². The lowest BCUT2D eigenvalue weighted by molar-refractivity contribution is 1.09. The molecule has 2 aromatic rings. The molecule has 0 aliphatic heterocycles. The van der Waals surface area contributed by atoms with Crippen LogP contribution in [0.5, 0.6) is 0 Å². The maximum absolute atomic E-state index is 4.25. The van der Waals surface area contributed by atoms with Crippen molar-refractivity contribution >= 4 is 17.2 Å². The van der Waals surface area contributed by atoms with E-state index in [1.807, 2.05) is 37.2 Å². The zero-order chi connectivity index (χ0) is 11.4. The van der Waals surface area contributed by atoms with E-state index in [0.29, 0.717) is 0 Å². The minimum Gasteiger partial charge on any atom is -0.388 e. The van der Waals surface area contributed by atoms with E-state index in [2.05, 4.69) is 21.4 Å². The molecule has 0 atom stereocenters. The van der Waals surface area contributed by atoms with Gasteiger partial charge in [-0.05, 0) is 18.2 Å². The highest BCUT2D eigenvalue weighted by Gasteiger charge is 2.04. The molecule has 0 fully saturated rings. The molecule has 82 valence electrons. The fourth-order valence-corrected chi connectivity index (χ4v) is 1.47. The average Bonchev–Trinajstić information content (AvgIpc) is 2.39. The molecular formula is C12H14N4. The van der Waals surface area contributed by atoms with Crippen molar-refractivity contribution in [3.63, 3.8) is 0 Å². The van der Waals surface area contributed by atoms with Crippen LogP contribution in [0.15, 0.2) is 42.9 Å². The van der Waals surface area contributed by atoms with E-state index in [1.54, 1.807) is 18.6 Å². The molecule has 0 amide bonds. The first kappa shape index (κ1) is 10.4. The fourth-order valence-electron chi connectivity index (χ4n) is 1.47. The molecule has 1 aromatic carbocycles. The van der Waals surface area contributed by atoms with Gasteiger partial charge in [-0.3, -0.25) is 4.98 Å². The van der Waals surface area contributed by atoms with Crippen LogP contribution in [0.2, 0.25) is 0 Å². The van der Waals surface area contributed by atoms with Gasteiger partial charge in [0.1, 0.15) is 0 Å². The Morgan fingerprint density at radius 3 is 2.81 bits per heavy atom. The molecule has 0 bridgehead atoms. The minimum absolute atomic E-state index is 0.829. The topological polar surface area (TPSA) is 41.0 Å². The summed E-state index contributed by atoms with van der Waals surface area (Å²) < 4.78 is 0. The van der Waals surface area contributed by atoms with Crippen LogP contribution in [0.3, 0.4) is 0 Å². The second kappa shape index (κ2) is 4.61. The van der Waals surface area contributed by atoms with Gasteiger partial charge in [0, 0.05) is 37.9 Å². The first-order chi connectivity index (χ1) is 7.81. The van der Waals surface area contributed by atoms with Gasteiger partial charge in [0.2, 0.25) is 0 Å². The van der Waals surface area contributed by atoms with Crippen LogP contribution >= 0.6 is 0 Å². The Bertz CT molecular complexity index is 456. The first-order valence-corrected chi connectivity index (χ1v) is 5.09. The van der Waals surface area contributed by atoms with E-state index < -0.39 is 0 Å². The maximum Gasteiger partial charge on any atom is 0.151 e. The number of anilines is 3. The lowest BCUT2D eigenvalue weighted by atomic mass is 10.2. The Morgan fingerprint density at radius 2 is 2.12 bits per heavy atom. The van der Waals surface area contributed by atoms with Gasteiger partial charge in [0.05, 0.1) is 6.20 Å². The molecule has 1 N–H and O–H groups in total. The van der Waals surface area contributed by atoms with Crippen LogP contribution in [0.4, 0.5) is 17.2 Å². The van der Waals surface area contributed by atoms with E-state index in [4.69, 9.17) is 0 Å². The summed E-state index contributed by atoms with van der Waals surface area (Å²) in [6.45, 7) is 0. The maximum atomic E-state index is 4.25. The number of hydrogen-bond acceptors (Lipinski definition) is 4. The van der Waals surface area contributed by atoms with Crippen molar-refractivity contribution in [1.29, 1.82) is 0 Å². The van der Waals surface area contributed by atoms with Crippen molar-refractivity contribution in [3.8, 4) is 0 Å². The summed E-state index contributed by atoms with van der Waals surface area (Å²) in [7, 11) is 3.88. The van der Waals surface area contributed by atoms with Gasteiger partial charge in [-0.1, -0.05) is 6.07 Å². The number of rotatable bonds is 3. The molecule has 0 saturated carbocycles. The summed E-state index contributed by atoms with van der Waals surface area (Å²) in [4.78, 5) is 10.3. The van der Waals surface area contributed by atoms with E-state index >= 15 is 0 Å². The molecule has 4 heteroatoms. The Labute approximate surface area is 95.0 Å². The normalized spacial score (nSPS) is 9.88. The van der Waals surface area contributed by atoms with Crippen LogP contribution in [-0.2, 0) is 0 Å². The molecule has 0 aliphatic rings. The van der Waals surface area contributed by atoms with E-state index in [1.165, 1.54) is 0 Å². The van der Waals surface area contributed by atoms with Crippen LogP contribution in [0.1, 0.15) is 0 Å². The smallest absolute Gasteiger partial charge is 0.151 e. The lowest BCUT2D eigenvalue weighted by Crippen LogP contribution is -2.11. The molecule has 4 nitrogen and oxygen atoms in total. The summed E-state index contributed by atoms with van der Waals surface area (Å²) >= 11 is 0. The van der Waals surface area contributed by atoms with E-state index in [0.717, 1.165) is 17.2 Å². The van der Waals surface area contributed by atoms with Crippen LogP contribution < -0.4 is 10.2 Å². The number of hydrogen-bond donors (Lipinski definition) is 1. The van der Waals surface area contributed by atoms with Crippen molar-refractivity contribution < 1.29 is 0 Å². The highest BCUT2D eigenvalue weighted by atomic mass is 15.2. The first-order valence-electron chi connectivity index (χ1n) is 5.09. The van der Waals surface area contributed by atoms with Gasteiger partial charge in [-0.25, -0.2) is 4.98 Å². The largest absolute Gasteiger partial charge is 0.388 e. The lowest BCUT2D eigenvalue weighted by Gasteiger charge is -2.18. The van der Waals surface area contributed by atoms with Gasteiger partial charge < -0.3 is 10.2 Å². The van der Waals surface area contributed by atoms with Crippen LogP contribution in [0, 0.1) is 0 Å². The SMILES string of the molecule is CNc1cccc(N(C)c2cnccn2)c1. The third-order valence-electron chi connectivity index (χ3n) is 2.42. The van der Waals surface area contributed by atoms with Gasteiger partial charge >= 0.3 is 0 Å². The van der Waals surface area contributed by atoms with Crippen LogP contribution in [-0.4, -0.2) is 24.1 Å². The molecular weight excluding hydrogens is 200 g/mol. The molecule has 0 saturated heterocycles. The van der Waals surface area contributed by atoms with Gasteiger partial charge in [-0.15, -0.1) is 0 Å². The standard InChI is InChI=1S/C12H14N4/c1-13-10-4-3-5-11(8-10)16(2)12-9-14-6-7-15-12/h3-9,13H,1-2H3. The molecule has 0 spiro atoms.